The summed E-state index contributed by atoms with van der Waals surface area (Å²) in [7, 11) is 0. The van der Waals surface area contributed by atoms with E-state index in [1.54, 1.807) is 0 Å². The summed E-state index contributed by atoms with van der Waals surface area (Å²) in [6, 6.07) is 1.42. The molecule has 0 unspecified atom stereocenters. The first-order valence-corrected chi connectivity index (χ1v) is 3.18. The molecule has 0 radical (unpaired) electrons. The maximum Gasteiger partial charge on any atom is 0.171 e. The lowest BCUT2D eigenvalue weighted by Gasteiger charge is -2.01. The number of nitrogen functional groups attached to an aromatic ring is 1. The van der Waals surface area contributed by atoms with Crippen LogP contribution in [0, 0.1) is 5.41 Å². The molecule has 1 aromatic rings. The molecule has 0 aliphatic carbocycles. The molecule has 0 bridgehead atoms. The highest BCUT2D eigenvalue weighted by molar-refractivity contribution is 6.31. The van der Waals surface area contributed by atoms with Crippen molar-refractivity contribution in [2.45, 2.75) is 0 Å². The lowest BCUT2D eigenvalue weighted by molar-refractivity contribution is 0.471. The second kappa shape index (κ2) is 2.75. The van der Waals surface area contributed by atoms with E-state index in [2.05, 4.69) is 4.98 Å². The summed E-state index contributed by atoms with van der Waals surface area (Å²) in [5.41, 5.74) is 5.32. The zero-order valence-corrected chi connectivity index (χ0v) is 6.26. The molecule has 0 aliphatic heterocycles. The molecule has 5 heteroatoms. The fraction of sp³-hybridized carbons (Fsp3) is 0. The van der Waals surface area contributed by atoms with E-state index in [1.165, 1.54) is 12.3 Å². The van der Waals surface area contributed by atoms with Gasteiger partial charge in [-0.15, -0.1) is 0 Å². The molecule has 4 N–H and O–H groups in total. The van der Waals surface area contributed by atoms with Gasteiger partial charge in [0.15, 0.2) is 10.9 Å². The molecular formula is C6H6ClN3O. The molecule has 0 atom stereocenters. The van der Waals surface area contributed by atoms with E-state index in [0.29, 0.717) is 0 Å². The quantitative estimate of drug-likeness (QED) is 0.331. The van der Waals surface area contributed by atoms with Gasteiger partial charge in [-0.2, -0.15) is 0 Å². The molecule has 0 fully saturated rings. The highest BCUT2D eigenvalue weighted by atomic mass is 35.5. The lowest BCUT2D eigenvalue weighted by Crippen LogP contribution is -2.11. The Morgan fingerprint density at radius 3 is 2.82 bits per heavy atom. The Bertz CT molecular complexity index is 300. The number of halogens is 1. The molecular weight excluding hydrogens is 166 g/mol. The van der Waals surface area contributed by atoms with Crippen molar-refractivity contribution in [2.24, 2.45) is 5.73 Å². The summed E-state index contributed by atoms with van der Waals surface area (Å²) < 4.78 is 0. The average molecular weight is 172 g/mol. The maximum atomic E-state index is 9.15. The van der Waals surface area contributed by atoms with Crippen molar-refractivity contribution < 1.29 is 5.11 Å². The van der Waals surface area contributed by atoms with Crippen LogP contribution in [0.2, 0.25) is 5.15 Å². The second-order valence-corrected chi connectivity index (χ2v) is 2.27. The number of nitrogens with zero attached hydrogens (tertiary/aromatic N) is 1. The van der Waals surface area contributed by atoms with Gasteiger partial charge in [0, 0.05) is 6.20 Å². The summed E-state index contributed by atoms with van der Waals surface area (Å²) in [6.45, 7) is 0. The van der Waals surface area contributed by atoms with Gasteiger partial charge in [0.05, 0.1) is 5.56 Å². The van der Waals surface area contributed by atoms with Gasteiger partial charge in [-0.05, 0) is 6.07 Å². The third kappa shape index (κ3) is 1.40. The van der Waals surface area contributed by atoms with Gasteiger partial charge in [-0.1, -0.05) is 11.6 Å². The van der Waals surface area contributed by atoms with E-state index in [1.807, 2.05) is 0 Å². The van der Waals surface area contributed by atoms with Crippen molar-refractivity contribution >= 4 is 17.4 Å². The highest BCUT2D eigenvalue weighted by Gasteiger charge is 2.07. The van der Waals surface area contributed by atoms with Gasteiger partial charge in [0.25, 0.3) is 0 Å². The molecule has 58 valence electrons. The Morgan fingerprint density at radius 1 is 1.73 bits per heavy atom. The van der Waals surface area contributed by atoms with E-state index >= 15 is 0 Å². The minimum atomic E-state index is -0.248. The van der Waals surface area contributed by atoms with Crippen LogP contribution in [0.25, 0.3) is 0 Å². The van der Waals surface area contributed by atoms with Crippen LogP contribution in [-0.4, -0.2) is 15.9 Å². The minimum Gasteiger partial charge on any atom is -0.504 e. The fourth-order valence-electron chi connectivity index (χ4n) is 0.646. The zero-order chi connectivity index (χ0) is 8.43. The maximum absolute atomic E-state index is 9.15. The standard InChI is InChI=1S/C6H6ClN3O/c7-5-4(11)3(6(8)9)1-2-10-5/h1-2,11H,(H3,8,9). The second-order valence-electron chi connectivity index (χ2n) is 1.91. The van der Waals surface area contributed by atoms with Gasteiger partial charge >= 0.3 is 0 Å². The number of rotatable bonds is 1. The van der Waals surface area contributed by atoms with Crippen LogP contribution in [-0.2, 0) is 0 Å². The van der Waals surface area contributed by atoms with Crippen molar-refractivity contribution in [3.63, 3.8) is 0 Å². The third-order valence-electron chi connectivity index (χ3n) is 1.17. The number of aromatic hydroxyl groups is 1. The molecule has 11 heavy (non-hydrogen) atoms. The number of hydrogen-bond donors (Lipinski definition) is 3. The molecule has 0 spiro atoms. The zero-order valence-electron chi connectivity index (χ0n) is 5.50. The van der Waals surface area contributed by atoms with Crippen LogP contribution in [0.1, 0.15) is 5.56 Å². The fourth-order valence-corrected chi connectivity index (χ4v) is 0.804. The van der Waals surface area contributed by atoms with Crippen molar-refractivity contribution in [3.8, 4) is 5.75 Å². The van der Waals surface area contributed by atoms with Crippen LogP contribution < -0.4 is 5.73 Å². The predicted molar refractivity (Wildman–Crippen MR) is 41.9 cm³/mol. The smallest absolute Gasteiger partial charge is 0.171 e. The van der Waals surface area contributed by atoms with Crippen LogP contribution in [0.3, 0.4) is 0 Å². The van der Waals surface area contributed by atoms with Gasteiger partial charge in [0.1, 0.15) is 5.84 Å². The normalized spacial score (nSPS) is 9.55. The minimum absolute atomic E-state index is 0.0438. The first-order chi connectivity index (χ1) is 5.13. The average Bonchev–Trinajstić information content (AvgIpc) is 1.94. The predicted octanol–water partition coefficient (Wildman–Crippen LogP) is 0.725. The Kier molecular flexibility index (Phi) is 1.96. The largest absolute Gasteiger partial charge is 0.504 e. The highest BCUT2D eigenvalue weighted by Crippen LogP contribution is 2.23. The Morgan fingerprint density at radius 2 is 2.36 bits per heavy atom. The number of nitrogens with one attached hydrogen (secondary N) is 1. The van der Waals surface area contributed by atoms with Crippen molar-refractivity contribution in [3.05, 3.63) is 23.0 Å². The van der Waals surface area contributed by atoms with E-state index in [0.717, 1.165) is 0 Å². The Labute approximate surface area is 68.1 Å². The molecule has 0 saturated carbocycles. The van der Waals surface area contributed by atoms with Gasteiger partial charge in [0.2, 0.25) is 0 Å². The number of hydrogen-bond acceptors (Lipinski definition) is 3. The van der Waals surface area contributed by atoms with Crippen LogP contribution in [0.4, 0.5) is 0 Å². The summed E-state index contributed by atoms with van der Waals surface area (Å²) in [6.07, 6.45) is 1.37. The number of aromatic nitrogens is 1. The molecule has 1 rings (SSSR count). The van der Waals surface area contributed by atoms with Crippen LogP contribution in [0.5, 0.6) is 5.75 Å². The summed E-state index contributed by atoms with van der Waals surface area (Å²) >= 11 is 5.44. The van der Waals surface area contributed by atoms with E-state index in [9.17, 15) is 0 Å². The first-order valence-electron chi connectivity index (χ1n) is 2.81. The van der Waals surface area contributed by atoms with Gasteiger partial charge < -0.3 is 10.8 Å². The topological polar surface area (TPSA) is 83.0 Å². The lowest BCUT2D eigenvalue weighted by atomic mass is 10.2. The SMILES string of the molecule is N=C(N)c1ccnc(Cl)c1O. The first kappa shape index (κ1) is 7.81. The van der Waals surface area contributed by atoms with E-state index in [-0.39, 0.29) is 22.3 Å². The van der Waals surface area contributed by atoms with Crippen molar-refractivity contribution in [2.75, 3.05) is 0 Å². The molecule has 0 amide bonds. The third-order valence-corrected chi connectivity index (χ3v) is 1.45. The monoisotopic (exact) mass is 171 g/mol. The molecule has 0 saturated heterocycles. The van der Waals surface area contributed by atoms with Crippen LogP contribution in [0.15, 0.2) is 12.3 Å². The van der Waals surface area contributed by atoms with Gasteiger partial charge in [-0.25, -0.2) is 4.98 Å². The molecule has 1 aromatic heterocycles. The molecule has 1 heterocycles. The number of pyridine rings is 1. The Hall–Kier alpha value is -1.29. The number of amidine groups is 1. The van der Waals surface area contributed by atoms with E-state index < -0.39 is 0 Å². The molecule has 0 aliphatic rings. The summed E-state index contributed by atoms with van der Waals surface area (Å²) in [5.74, 6) is -0.478. The van der Waals surface area contributed by atoms with E-state index in [4.69, 9.17) is 27.9 Å². The molecule has 0 aromatic carbocycles. The van der Waals surface area contributed by atoms with Gasteiger partial charge in [-0.3, -0.25) is 5.41 Å². The number of nitrogens with two attached hydrogens (primary N) is 1. The Balaban J connectivity index is 3.27. The van der Waals surface area contributed by atoms with Crippen LogP contribution >= 0.6 is 11.6 Å². The molecule has 4 nitrogen and oxygen atoms in total. The van der Waals surface area contributed by atoms with Crippen molar-refractivity contribution in [1.29, 1.82) is 5.41 Å². The van der Waals surface area contributed by atoms with Crippen molar-refractivity contribution in [1.82, 2.24) is 4.98 Å². The summed E-state index contributed by atoms with van der Waals surface area (Å²) in [4.78, 5) is 3.58. The summed E-state index contributed by atoms with van der Waals surface area (Å²) in [5, 5.41) is 16.1.